The van der Waals surface area contributed by atoms with E-state index in [2.05, 4.69) is 30.5 Å². The van der Waals surface area contributed by atoms with Crippen LogP contribution in [0.5, 0.6) is 0 Å². The maximum atomic E-state index is 15.2. The largest absolute Gasteiger partial charge is 0.404 e. The quantitative estimate of drug-likeness (QED) is 0.279. The van der Waals surface area contributed by atoms with Crippen LogP contribution in [0.2, 0.25) is 5.02 Å². The first-order valence-electron chi connectivity index (χ1n) is 10.6. The Bertz CT molecular complexity index is 1460. The third-order valence-electron chi connectivity index (χ3n) is 5.67. The van der Waals surface area contributed by atoms with Crippen molar-refractivity contribution < 1.29 is 13.2 Å². The monoisotopic (exact) mass is 533 g/mol. The lowest BCUT2D eigenvalue weighted by Crippen LogP contribution is -2.30. The Morgan fingerprint density at radius 1 is 1.36 bits per heavy atom. The van der Waals surface area contributed by atoms with Crippen molar-refractivity contribution in [2.24, 2.45) is 10.7 Å². The molecule has 0 amide bonds. The van der Waals surface area contributed by atoms with Gasteiger partial charge in [-0.3, -0.25) is 9.56 Å². The zero-order valence-electron chi connectivity index (χ0n) is 18.7. The van der Waals surface area contributed by atoms with Crippen molar-refractivity contribution in [2.75, 3.05) is 19.0 Å². The van der Waals surface area contributed by atoms with Crippen molar-refractivity contribution in [2.45, 2.75) is 18.5 Å². The number of alkyl halides is 3. The third kappa shape index (κ3) is 4.03. The van der Waals surface area contributed by atoms with Gasteiger partial charge in [0, 0.05) is 48.7 Å². The molecule has 1 aliphatic heterocycles. The molecule has 0 spiro atoms. The summed E-state index contributed by atoms with van der Waals surface area (Å²) < 4.78 is 47.5. The van der Waals surface area contributed by atoms with Crippen LogP contribution in [0.1, 0.15) is 16.9 Å². The first-order valence-corrected chi connectivity index (χ1v) is 11.9. The van der Waals surface area contributed by atoms with Crippen molar-refractivity contribution in [3.63, 3.8) is 0 Å². The van der Waals surface area contributed by atoms with Gasteiger partial charge >= 0.3 is 5.92 Å². The smallest absolute Gasteiger partial charge is 0.357 e. The molecule has 36 heavy (non-hydrogen) atoms. The number of aromatic nitrogens is 6. The Kier molecular flexibility index (Phi) is 6.26. The number of rotatable bonds is 6. The lowest BCUT2D eigenvalue weighted by Gasteiger charge is -2.27. The molecule has 14 heteroatoms. The van der Waals surface area contributed by atoms with Gasteiger partial charge in [0.1, 0.15) is 18.3 Å². The number of nitrogens with zero attached hydrogens (tertiary/aromatic N) is 7. The molecule has 4 aromatic heterocycles. The molecule has 5 heterocycles. The number of nitrogens with one attached hydrogen (secondary N) is 1. The topological polar surface area (TPSA) is 112 Å². The minimum atomic E-state index is -3.52. The summed E-state index contributed by atoms with van der Waals surface area (Å²) in [6.07, 6.45) is 7.46. The van der Waals surface area contributed by atoms with Gasteiger partial charge in [0.15, 0.2) is 10.8 Å². The summed E-state index contributed by atoms with van der Waals surface area (Å²) in [5.74, 6) is -3.07. The molecule has 9 nitrogen and oxygen atoms in total. The van der Waals surface area contributed by atoms with Crippen molar-refractivity contribution in [3.8, 4) is 22.6 Å². The molecule has 0 unspecified atom stereocenters. The number of nitrogens with two attached hydrogens (primary N) is 1. The fraction of sp³-hybridized carbons (Fsp3) is 0.227. The highest BCUT2D eigenvalue weighted by molar-refractivity contribution is 7.09. The van der Waals surface area contributed by atoms with Gasteiger partial charge in [-0.15, -0.1) is 21.5 Å². The molecule has 0 saturated carbocycles. The second-order valence-corrected chi connectivity index (χ2v) is 9.15. The number of hydrogen-bond donors (Lipinski definition) is 2. The van der Waals surface area contributed by atoms with Crippen LogP contribution in [0.25, 0.3) is 22.6 Å². The Morgan fingerprint density at radius 3 is 2.89 bits per heavy atom. The zero-order valence-corrected chi connectivity index (χ0v) is 20.3. The molecule has 0 saturated heterocycles. The fourth-order valence-electron chi connectivity index (χ4n) is 4.05. The second kappa shape index (κ2) is 9.39. The number of anilines is 1. The van der Waals surface area contributed by atoms with Crippen LogP contribution in [0.4, 0.5) is 19.0 Å². The van der Waals surface area contributed by atoms with E-state index in [1.807, 2.05) is 0 Å². The molecule has 3 N–H and O–H groups in total. The predicted octanol–water partition coefficient (Wildman–Crippen LogP) is 4.50. The molecular formula is C22H19ClF3N9S. The molecule has 1 aliphatic rings. The van der Waals surface area contributed by atoms with Gasteiger partial charge in [0.25, 0.3) is 0 Å². The summed E-state index contributed by atoms with van der Waals surface area (Å²) in [5, 5.41) is 12.2. The molecule has 0 aliphatic carbocycles. The number of fused-ring (bicyclic) bond motifs is 3. The standard InChI is InChI=1S/C22H19ClF3N9S/c1-28-17(2-3-27)31-18-7-14(15(23)9-30-18)12-6-16-19-32-33-20(22(25,26)21-29-4-5-36-21)35(19)13(8-24)11-34(16)10-12/h2-7,9-10,13H,8,11,27H2,1H3,(H,28,30,31)/t13-/m0/s1. The van der Waals surface area contributed by atoms with Crippen LogP contribution in [-0.2, 0) is 12.5 Å². The van der Waals surface area contributed by atoms with E-state index in [1.54, 1.807) is 36.0 Å². The first kappa shape index (κ1) is 24.0. The maximum absolute atomic E-state index is 15.2. The molecular weight excluding hydrogens is 515 g/mol. The molecule has 186 valence electrons. The average Bonchev–Trinajstić information content (AvgIpc) is 3.63. The van der Waals surface area contributed by atoms with Crippen LogP contribution in [-0.4, -0.2) is 48.9 Å². The van der Waals surface area contributed by atoms with Crippen molar-refractivity contribution in [1.82, 2.24) is 29.3 Å². The summed E-state index contributed by atoms with van der Waals surface area (Å²) in [7, 11) is 1.60. The maximum Gasteiger partial charge on any atom is 0.357 e. The van der Waals surface area contributed by atoms with E-state index < -0.39 is 29.5 Å². The van der Waals surface area contributed by atoms with E-state index in [0.717, 1.165) is 11.3 Å². The molecule has 0 aromatic carbocycles. The van der Waals surface area contributed by atoms with E-state index >= 15 is 8.78 Å². The number of aliphatic imine (C=N–C) groups is 1. The van der Waals surface area contributed by atoms with Crippen LogP contribution >= 0.6 is 22.9 Å². The fourth-order valence-corrected chi connectivity index (χ4v) is 4.87. The average molecular weight is 534 g/mol. The first-order chi connectivity index (χ1) is 17.4. The summed E-state index contributed by atoms with van der Waals surface area (Å²) in [6.45, 7) is -0.767. The van der Waals surface area contributed by atoms with Crippen molar-refractivity contribution in [3.05, 3.63) is 64.2 Å². The van der Waals surface area contributed by atoms with Crippen molar-refractivity contribution >= 4 is 34.6 Å². The Hall–Kier alpha value is -3.71. The van der Waals surface area contributed by atoms with E-state index in [0.29, 0.717) is 33.5 Å². The minimum absolute atomic E-state index is 0.111. The number of halogens is 4. The van der Waals surface area contributed by atoms with Gasteiger partial charge in [-0.1, -0.05) is 11.6 Å². The van der Waals surface area contributed by atoms with Crippen LogP contribution in [0.3, 0.4) is 0 Å². The summed E-state index contributed by atoms with van der Waals surface area (Å²) in [4.78, 5) is 12.1. The summed E-state index contributed by atoms with van der Waals surface area (Å²) in [5.41, 5.74) is 7.25. The van der Waals surface area contributed by atoms with Gasteiger partial charge in [-0.05, 0) is 24.4 Å². The summed E-state index contributed by atoms with van der Waals surface area (Å²) >= 11 is 7.24. The molecule has 0 bridgehead atoms. The van der Waals surface area contributed by atoms with Crippen molar-refractivity contribution in [1.29, 1.82) is 0 Å². The van der Waals surface area contributed by atoms with Gasteiger partial charge in [-0.2, -0.15) is 8.78 Å². The zero-order chi connectivity index (χ0) is 25.4. The van der Waals surface area contributed by atoms with Gasteiger partial charge in [0.05, 0.1) is 16.8 Å². The highest BCUT2D eigenvalue weighted by Gasteiger charge is 2.45. The highest BCUT2D eigenvalue weighted by atomic mass is 35.5. The lowest BCUT2D eigenvalue weighted by molar-refractivity contribution is 0.0255. The van der Waals surface area contributed by atoms with E-state index in [1.165, 1.54) is 28.5 Å². The van der Waals surface area contributed by atoms with E-state index in [9.17, 15) is 4.39 Å². The number of hydrogen-bond acceptors (Lipinski definition) is 7. The predicted molar refractivity (Wildman–Crippen MR) is 132 cm³/mol. The number of pyridine rings is 1. The highest BCUT2D eigenvalue weighted by Crippen LogP contribution is 2.42. The lowest BCUT2D eigenvalue weighted by atomic mass is 10.1. The third-order valence-corrected chi connectivity index (χ3v) is 6.82. The SMILES string of the molecule is CN=C(C=CN)Nc1cc(-c2cc3n(c2)C[C@H](CF)n2c-3nnc2C(F)(F)c2nccs2)c(Cl)cn1. The molecule has 0 fully saturated rings. The normalized spacial score (nSPS) is 15.8. The van der Waals surface area contributed by atoms with E-state index in [-0.39, 0.29) is 12.4 Å². The van der Waals surface area contributed by atoms with Crippen LogP contribution in [0, 0.1) is 0 Å². The van der Waals surface area contributed by atoms with Gasteiger partial charge in [-0.25, -0.2) is 14.4 Å². The van der Waals surface area contributed by atoms with Gasteiger partial charge in [0.2, 0.25) is 5.82 Å². The Balaban J connectivity index is 1.57. The van der Waals surface area contributed by atoms with Gasteiger partial charge < -0.3 is 15.6 Å². The van der Waals surface area contributed by atoms with Crippen LogP contribution < -0.4 is 11.1 Å². The second-order valence-electron chi connectivity index (χ2n) is 7.85. The number of amidine groups is 1. The number of thiazole rings is 1. The Morgan fingerprint density at radius 2 is 2.19 bits per heavy atom. The minimum Gasteiger partial charge on any atom is -0.404 e. The Labute approximate surface area is 212 Å². The molecule has 5 rings (SSSR count). The molecule has 1 atom stereocenters. The molecule has 4 aromatic rings. The molecule has 0 radical (unpaired) electrons. The van der Waals surface area contributed by atoms with E-state index in [4.69, 9.17) is 17.3 Å². The van der Waals surface area contributed by atoms with Crippen LogP contribution in [0.15, 0.2) is 53.4 Å². The summed E-state index contributed by atoms with van der Waals surface area (Å²) in [6, 6.07) is 2.55.